The number of rotatable bonds is 5. The van der Waals surface area contributed by atoms with Gasteiger partial charge in [0.25, 0.3) is 5.56 Å². The maximum Gasteiger partial charge on any atom is 0.275 e. The maximum atomic E-state index is 13.0. The van der Waals surface area contributed by atoms with Gasteiger partial charge in [-0.3, -0.25) is 19.4 Å². The van der Waals surface area contributed by atoms with Crippen molar-refractivity contribution in [3.05, 3.63) is 38.7 Å². The molecule has 1 aromatic heterocycles. The first-order valence-corrected chi connectivity index (χ1v) is 11.6. The van der Waals surface area contributed by atoms with Crippen LogP contribution < -0.4 is 10.9 Å². The van der Waals surface area contributed by atoms with Gasteiger partial charge in [-0.25, -0.2) is 4.68 Å². The molecule has 2 aromatic rings. The Labute approximate surface area is 185 Å². The number of amides is 1. The molecule has 0 spiro atoms. The molecular formula is C22H30BrN5O2. The Kier molecular flexibility index (Phi) is 6.27. The van der Waals surface area contributed by atoms with Gasteiger partial charge < -0.3 is 5.32 Å². The lowest BCUT2D eigenvalue weighted by Crippen LogP contribution is -2.61. The highest BCUT2D eigenvalue weighted by atomic mass is 79.9. The zero-order valence-electron chi connectivity index (χ0n) is 17.9. The molecule has 1 amide bonds. The van der Waals surface area contributed by atoms with Crippen LogP contribution in [0.2, 0.25) is 0 Å². The molecule has 1 saturated heterocycles. The molecule has 1 atom stereocenters. The Morgan fingerprint density at radius 3 is 2.70 bits per heavy atom. The largest absolute Gasteiger partial charge is 0.338 e. The second kappa shape index (κ2) is 8.77. The van der Waals surface area contributed by atoms with E-state index < -0.39 is 0 Å². The van der Waals surface area contributed by atoms with Gasteiger partial charge in [0.05, 0.1) is 17.2 Å². The Balaban J connectivity index is 1.53. The number of hydrogen-bond donors (Lipinski definition) is 1. The van der Waals surface area contributed by atoms with Gasteiger partial charge >= 0.3 is 0 Å². The molecule has 1 aliphatic carbocycles. The van der Waals surface area contributed by atoms with Crippen LogP contribution in [0.3, 0.4) is 0 Å². The minimum Gasteiger partial charge on any atom is -0.338 e. The fourth-order valence-electron chi connectivity index (χ4n) is 4.32. The van der Waals surface area contributed by atoms with Crippen LogP contribution in [0.1, 0.15) is 44.7 Å². The number of halogens is 1. The van der Waals surface area contributed by atoms with Crippen molar-refractivity contribution in [3.8, 4) is 0 Å². The average molecular weight is 476 g/mol. The van der Waals surface area contributed by atoms with E-state index in [-0.39, 0.29) is 30.1 Å². The molecule has 7 nitrogen and oxygen atoms in total. The van der Waals surface area contributed by atoms with Gasteiger partial charge in [0.15, 0.2) is 0 Å². The summed E-state index contributed by atoms with van der Waals surface area (Å²) < 4.78 is 2.22. The summed E-state index contributed by atoms with van der Waals surface area (Å²) >= 11 is 3.47. The summed E-state index contributed by atoms with van der Waals surface area (Å²) in [4.78, 5) is 30.5. The Hall–Kier alpha value is -1.77. The van der Waals surface area contributed by atoms with Crippen molar-refractivity contribution >= 4 is 32.6 Å². The van der Waals surface area contributed by atoms with Gasteiger partial charge in [0, 0.05) is 35.5 Å². The van der Waals surface area contributed by atoms with Crippen molar-refractivity contribution < 1.29 is 4.79 Å². The number of piperazine rings is 1. The summed E-state index contributed by atoms with van der Waals surface area (Å²) in [7, 11) is 2.04. The molecule has 1 aliphatic heterocycles. The molecule has 0 bridgehead atoms. The highest BCUT2D eigenvalue weighted by Crippen LogP contribution is 2.26. The van der Waals surface area contributed by atoms with E-state index in [9.17, 15) is 9.59 Å². The highest BCUT2D eigenvalue weighted by molar-refractivity contribution is 9.10. The zero-order valence-corrected chi connectivity index (χ0v) is 19.5. The summed E-state index contributed by atoms with van der Waals surface area (Å²) in [6, 6.07) is 6.24. The lowest BCUT2D eigenvalue weighted by atomic mass is 9.91. The predicted octanol–water partition coefficient (Wildman–Crippen LogP) is 2.52. The van der Waals surface area contributed by atoms with Gasteiger partial charge in [-0.15, -0.1) is 0 Å². The molecule has 30 heavy (non-hydrogen) atoms. The Morgan fingerprint density at radius 2 is 2.03 bits per heavy atom. The van der Waals surface area contributed by atoms with E-state index in [1.807, 2.05) is 33.0 Å². The monoisotopic (exact) mass is 475 g/mol. The van der Waals surface area contributed by atoms with E-state index in [0.717, 1.165) is 35.2 Å². The van der Waals surface area contributed by atoms with Crippen LogP contribution in [0, 0.1) is 0 Å². The molecular weight excluding hydrogens is 446 g/mol. The third-order valence-corrected chi connectivity index (χ3v) is 6.88. The summed E-state index contributed by atoms with van der Waals surface area (Å²) in [6.45, 7) is 6.83. The van der Waals surface area contributed by atoms with Crippen LogP contribution in [0.15, 0.2) is 27.5 Å². The normalized spacial score (nSPS) is 21.2. The van der Waals surface area contributed by atoms with Gasteiger partial charge in [0.1, 0.15) is 6.54 Å². The fourth-order valence-corrected chi connectivity index (χ4v) is 4.68. The molecule has 1 saturated carbocycles. The molecule has 4 rings (SSSR count). The first-order valence-electron chi connectivity index (χ1n) is 10.8. The summed E-state index contributed by atoms with van der Waals surface area (Å²) in [6.07, 6.45) is 3.78. The maximum absolute atomic E-state index is 13.0. The van der Waals surface area contributed by atoms with Gasteiger partial charge in [-0.05, 0) is 44.0 Å². The number of benzene rings is 1. The molecule has 162 valence electrons. The molecule has 1 N–H and O–H groups in total. The van der Waals surface area contributed by atoms with Gasteiger partial charge in [-0.2, -0.15) is 5.10 Å². The van der Waals surface area contributed by atoms with E-state index in [4.69, 9.17) is 0 Å². The van der Waals surface area contributed by atoms with E-state index in [0.29, 0.717) is 11.4 Å². The minimum absolute atomic E-state index is 0.0384. The average Bonchev–Trinajstić information content (AvgIpc) is 2.65. The third-order valence-electron chi connectivity index (χ3n) is 6.39. The number of nitrogens with one attached hydrogen (secondary N) is 1. The van der Waals surface area contributed by atoms with Crippen LogP contribution in [0.25, 0.3) is 10.8 Å². The van der Waals surface area contributed by atoms with E-state index >= 15 is 0 Å². The number of fused-ring (bicyclic) bond motifs is 1. The van der Waals surface area contributed by atoms with Crippen molar-refractivity contribution in [1.82, 2.24) is 24.9 Å². The summed E-state index contributed by atoms with van der Waals surface area (Å²) in [5, 5.41) is 9.11. The molecule has 1 aromatic carbocycles. The zero-order chi connectivity index (χ0) is 21.4. The lowest BCUT2D eigenvalue weighted by molar-refractivity contribution is -0.125. The second-order valence-corrected chi connectivity index (χ2v) is 9.75. The number of carbonyl (C=O) groups is 1. The van der Waals surface area contributed by atoms with Gasteiger partial charge in [0.2, 0.25) is 5.91 Å². The number of carbonyl (C=O) groups excluding carboxylic acids is 1. The van der Waals surface area contributed by atoms with E-state index in [2.05, 4.69) is 36.1 Å². The van der Waals surface area contributed by atoms with Crippen molar-refractivity contribution in [2.75, 3.05) is 26.7 Å². The Bertz CT molecular complexity index is 1000. The smallest absolute Gasteiger partial charge is 0.275 e. The van der Waals surface area contributed by atoms with Crippen LogP contribution in [0.5, 0.6) is 0 Å². The standard InChI is InChI=1S/C22H30BrN5O2/c1-14(2)21-18-11-15(23)7-8-17(18)22(30)28(25-21)13-20(29)24-19-12-27(10-9-26(19)3)16-5-4-6-16/h7-8,11,14,16,19H,4-6,9-10,12-13H2,1-3H3,(H,24,29)/t19-/m0/s1. The molecule has 2 heterocycles. The number of aromatic nitrogens is 2. The quantitative estimate of drug-likeness (QED) is 0.719. The van der Waals surface area contributed by atoms with E-state index in [1.165, 1.54) is 23.9 Å². The minimum atomic E-state index is -0.231. The summed E-state index contributed by atoms with van der Waals surface area (Å²) in [5.41, 5.74) is 0.592. The van der Waals surface area contributed by atoms with Crippen molar-refractivity contribution in [3.63, 3.8) is 0 Å². The molecule has 0 radical (unpaired) electrons. The number of likely N-dealkylation sites (N-methyl/N-ethyl adjacent to an activating group) is 1. The van der Waals surface area contributed by atoms with Crippen molar-refractivity contribution in [2.24, 2.45) is 0 Å². The highest BCUT2D eigenvalue weighted by Gasteiger charge is 2.32. The molecule has 2 fully saturated rings. The molecule has 0 unspecified atom stereocenters. The van der Waals surface area contributed by atoms with Crippen molar-refractivity contribution in [2.45, 2.75) is 57.8 Å². The van der Waals surface area contributed by atoms with Crippen LogP contribution >= 0.6 is 15.9 Å². The van der Waals surface area contributed by atoms with Gasteiger partial charge in [-0.1, -0.05) is 36.2 Å². The lowest BCUT2D eigenvalue weighted by Gasteiger charge is -2.45. The topological polar surface area (TPSA) is 70.5 Å². The first kappa shape index (κ1) is 21.5. The second-order valence-electron chi connectivity index (χ2n) is 8.84. The van der Waals surface area contributed by atoms with E-state index in [1.54, 1.807) is 6.07 Å². The Morgan fingerprint density at radius 1 is 1.27 bits per heavy atom. The number of nitrogens with zero attached hydrogens (tertiary/aromatic N) is 4. The number of hydrogen-bond acceptors (Lipinski definition) is 5. The first-order chi connectivity index (χ1) is 14.3. The van der Waals surface area contributed by atoms with Crippen LogP contribution in [-0.4, -0.2) is 64.4 Å². The summed E-state index contributed by atoms with van der Waals surface area (Å²) in [5.74, 6) is -0.0414. The third kappa shape index (κ3) is 4.31. The SMILES string of the molecule is CC(C)c1nn(CC(=O)N[C@@H]2CN(C3CCC3)CCN2C)c(=O)c2ccc(Br)cc12. The predicted molar refractivity (Wildman–Crippen MR) is 122 cm³/mol. The van der Waals surface area contributed by atoms with Crippen LogP contribution in [0.4, 0.5) is 0 Å². The molecule has 8 heteroatoms. The van der Waals surface area contributed by atoms with Crippen LogP contribution in [-0.2, 0) is 11.3 Å². The van der Waals surface area contributed by atoms with Crippen molar-refractivity contribution in [1.29, 1.82) is 0 Å². The molecule has 2 aliphatic rings. The fraction of sp³-hybridized carbons (Fsp3) is 0.591.